The van der Waals surface area contributed by atoms with Crippen LogP contribution in [0, 0.1) is 0 Å². The average Bonchev–Trinajstić information content (AvgIpc) is 2.77. The number of nitrogens with two attached hydrogens (primary N) is 1. The van der Waals surface area contributed by atoms with Crippen LogP contribution in [0.25, 0.3) is 10.4 Å². The highest BCUT2D eigenvalue weighted by atomic mass is 32.1. The Morgan fingerprint density at radius 3 is 2.82 bits per heavy atom. The van der Waals surface area contributed by atoms with Gasteiger partial charge in [-0.25, -0.2) is 4.98 Å². The molecule has 2 aromatic rings. The summed E-state index contributed by atoms with van der Waals surface area (Å²) >= 11 is 1.45. The van der Waals surface area contributed by atoms with Crippen LogP contribution in [0.2, 0.25) is 0 Å². The Balaban J connectivity index is 2.21. The zero-order valence-corrected chi connectivity index (χ0v) is 10.4. The minimum atomic E-state index is 0.530. The number of hydrogen-bond donors (Lipinski definition) is 1. The summed E-state index contributed by atoms with van der Waals surface area (Å²) in [6, 6.07) is 7.83. The van der Waals surface area contributed by atoms with Crippen molar-refractivity contribution in [2.45, 2.75) is 0 Å². The van der Waals surface area contributed by atoms with Crippen LogP contribution in [0.1, 0.15) is 0 Å². The molecule has 0 atom stereocenters. The summed E-state index contributed by atoms with van der Waals surface area (Å²) in [5, 5.41) is 0.562. The Hall–Kier alpha value is -1.59. The molecule has 1 heterocycles. The molecule has 0 aliphatic carbocycles. The summed E-state index contributed by atoms with van der Waals surface area (Å²) in [4.78, 5) is 5.06. The van der Waals surface area contributed by atoms with Crippen LogP contribution in [-0.2, 0) is 4.74 Å². The van der Waals surface area contributed by atoms with Gasteiger partial charge in [0.05, 0.1) is 11.5 Å². The molecule has 0 aliphatic rings. The predicted octanol–water partition coefficient (Wildman–Crippen LogP) is 2.42. The van der Waals surface area contributed by atoms with Crippen LogP contribution >= 0.6 is 11.3 Å². The van der Waals surface area contributed by atoms with E-state index in [0.29, 0.717) is 18.3 Å². The molecule has 5 heteroatoms. The third kappa shape index (κ3) is 2.95. The first-order chi connectivity index (χ1) is 8.31. The second-order valence-electron chi connectivity index (χ2n) is 3.40. The third-order valence-corrected chi connectivity index (χ3v) is 3.08. The fourth-order valence-electron chi connectivity index (χ4n) is 1.44. The SMILES string of the molecule is COCCOc1ccccc1-c1cnc(N)s1. The lowest BCUT2D eigenvalue weighted by Gasteiger charge is -2.09. The Bertz CT molecular complexity index is 485. The molecule has 2 N–H and O–H groups in total. The van der Waals surface area contributed by atoms with E-state index in [4.69, 9.17) is 15.2 Å². The minimum Gasteiger partial charge on any atom is -0.491 e. The van der Waals surface area contributed by atoms with Crippen molar-refractivity contribution in [1.82, 2.24) is 4.98 Å². The molecule has 2 rings (SSSR count). The summed E-state index contributed by atoms with van der Waals surface area (Å²) in [7, 11) is 1.65. The highest BCUT2D eigenvalue weighted by molar-refractivity contribution is 7.18. The number of anilines is 1. The van der Waals surface area contributed by atoms with Gasteiger partial charge in [0.1, 0.15) is 12.4 Å². The normalized spacial score (nSPS) is 10.4. The highest BCUT2D eigenvalue weighted by Crippen LogP contribution is 2.34. The van der Waals surface area contributed by atoms with E-state index in [1.54, 1.807) is 13.3 Å². The summed E-state index contributed by atoms with van der Waals surface area (Å²) in [5.41, 5.74) is 6.65. The Labute approximate surface area is 104 Å². The van der Waals surface area contributed by atoms with E-state index < -0.39 is 0 Å². The maximum atomic E-state index is 5.65. The van der Waals surface area contributed by atoms with E-state index in [0.717, 1.165) is 16.2 Å². The van der Waals surface area contributed by atoms with Gasteiger partial charge in [0.15, 0.2) is 5.13 Å². The van der Waals surface area contributed by atoms with Gasteiger partial charge in [-0.2, -0.15) is 0 Å². The van der Waals surface area contributed by atoms with Crippen molar-refractivity contribution in [2.75, 3.05) is 26.1 Å². The molecule has 0 radical (unpaired) electrons. The zero-order chi connectivity index (χ0) is 12.1. The standard InChI is InChI=1S/C12H14N2O2S/c1-15-6-7-16-10-5-3-2-4-9(10)11-8-14-12(13)17-11/h2-5,8H,6-7H2,1H3,(H2,13,14). The molecule has 90 valence electrons. The molecule has 0 aliphatic heterocycles. The number of aromatic nitrogens is 1. The molecule has 0 spiro atoms. The molecule has 0 amide bonds. The van der Waals surface area contributed by atoms with E-state index in [-0.39, 0.29) is 0 Å². The van der Waals surface area contributed by atoms with Crippen LogP contribution in [0.15, 0.2) is 30.5 Å². The number of rotatable bonds is 5. The lowest BCUT2D eigenvalue weighted by Crippen LogP contribution is -2.04. The van der Waals surface area contributed by atoms with Crippen LogP contribution in [-0.4, -0.2) is 25.3 Å². The molecule has 0 unspecified atom stereocenters. The van der Waals surface area contributed by atoms with E-state index in [1.807, 2.05) is 24.3 Å². The van der Waals surface area contributed by atoms with E-state index in [2.05, 4.69) is 4.98 Å². The van der Waals surface area contributed by atoms with Gasteiger partial charge in [-0.1, -0.05) is 23.5 Å². The number of nitrogens with zero attached hydrogens (tertiary/aromatic N) is 1. The predicted molar refractivity (Wildman–Crippen MR) is 69.3 cm³/mol. The molecular formula is C12H14N2O2S. The fraction of sp³-hybridized carbons (Fsp3) is 0.250. The summed E-state index contributed by atoms with van der Waals surface area (Å²) in [6.07, 6.45) is 1.76. The maximum absolute atomic E-state index is 5.65. The van der Waals surface area contributed by atoms with Gasteiger partial charge in [-0.3, -0.25) is 0 Å². The topological polar surface area (TPSA) is 57.4 Å². The first-order valence-electron chi connectivity index (χ1n) is 5.23. The first-order valence-corrected chi connectivity index (χ1v) is 6.05. The van der Waals surface area contributed by atoms with Crippen molar-refractivity contribution < 1.29 is 9.47 Å². The van der Waals surface area contributed by atoms with Gasteiger partial charge in [0.2, 0.25) is 0 Å². The largest absolute Gasteiger partial charge is 0.491 e. The molecule has 1 aromatic heterocycles. The number of methoxy groups -OCH3 is 1. The number of hydrogen-bond acceptors (Lipinski definition) is 5. The third-order valence-electron chi connectivity index (χ3n) is 2.22. The molecule has 4 nitrogen and oxygen atoms in total. The molecule has 17 heavy (non-hydrogen) atoms. The minimum absolute atomic E-state index is 0.530. The quantitative estimate of drug-likeness (QED) is 0.828. The molecular weight excluding hydrogens is 236 g/mol. The smallest absolute Gasteiger partial charge is 0.180 e. The van der Waals surface area contributed by atoms with Crippen molar-refractivity contribution in [3.05, 3.63) is 30.5 Å². The molecule has 0 saturated carbocycles. The van der Waals surface area contributed by atoms with E-state index in [9.17, 15) is 0 Å². The van der Waals surface area contributed by atoms with Crippen LogP contribution in [0.5, 0.6) is 5.75 Å². The van der Waals surface area contributed by atoms with Gasteiger partial charge in [0, 0.05) is 18.9 Å². The Morgan fingerprint density at radius 1 is 1.29 bits per heavy atom. The highest BCUT2D eigenvalue weighted by Gasteiger charge is 2.08. The van der Waals surface area contributed by atoms with Crippen molar-refractivity contribution in [1.29, 1.82) is 0 Å². The van der Waals surface area contributed by atoms with Gasteiger partial charge in [-0.15, -0.1) is 0 Å². The average molecular weight is 250 g/mol. The number of thiazole rings is 1. The molecule has 1 aromatic carbocycles. The second-order valence-corrected chi connectivity index (χ2v) is 4.46. The van der Waals surface area contributed by atoms with Gasteiger partial charge in [0.25, 0.3) is 0 Å². The van der Waals surface area contributed by atoms with Gasteiger partial charge >= 0.3 is 0 Å². The first kappa shape index (κ1) is 11.9. The summed E-state index contributed by atoms with van der Waals surface area (Å²) in [6.45, 7) is 1.10. The van der Waals surface area contributed by atoms with E-state index >= 15 is 0 Å². The monoisotopic (exact) mass is 250 g/mol. The van der Waals surface area contributed by atoms with Crippen LogP contribution in [0.4, 0.5) is 5.13 Å². The van der Waals surface area contributed by atoms with Gasteiger partial charge in [-0.05, 0) is 12.1 Å². The second kappa shape index (κ2) is 5.65. The van der Waals surface area contributed by atoms with Crippen molar-refractivity contribution >= 4 is 16.5 Å². The molecule has 0 saturated heterocycles. The fourth-order valence-corrected chi connectivity index (χ4v) is 2.16. The number of para-hydroxylation sites is 1. The van der Waals surface area contributed by atoms with Crippen LogP contribution < -0.4 is 10.5 Å². The lowest BCUT2D eigenvalue weighted by molar-refractivity contribution is 0.146. The molecule has 0 bridgehead atoms. The molecule has 0 fully saturated rings. The van der Waals surface area contributed by atoms with Crippen molar-refractivity contribution in [2.24, 2.45) is 0 Å². The maximum Gasteiger partial charge on any atom is 0.180 e. The van der Waals surface area contributed by atoms with Crippen molar-refractivity contribution in [3.8, 4) is 16.2 Å². The van der Waals surface area contributed by atoms with Crippen LogP contribution in [0.3, 0.4) is 0 Å². The van der Waals surface area contributed by atoms with Gasteiger partial charge < -0.3 is 15.2 Å². The number of benzene rings is 1. The Kier molecular flexibility index (Phi) is 3.95. The number of nitrogen functional groups attached to an aromatic ring is 1. The summed E-state index contributed by atoms with van der Waals surface area (Å²) < 4.78 is 10.6. The Morgan fingerprint density at radius 2 is 2.12 bits per heavy atom. The van der Waals surface area contributed by atoms with Crippen molar-refractivity contribution in [3.63, 3.8) is 0 Å². The zero-order valence-electron chi connectivity index (χ0n) is 9.55. The lowest BCUT2D eigenvalue weighted by atomic mass is 10.2. The number of ether oxygens (including phenoxy) is 2. The van der Waals surface area contributed by atoms with E-state index in [1.165, 1.54) is 11.3 Å². The summed E-state index contributed by atoms with van der Waals surface area (Å²) in [5.74, 6) is 0.827.